The minimum atomic E-state index is -0.148. The van der Waals surface area contributed by atoms with Gasteiger partial charge in [-0.2, -0.15) is 0 Å². The van der Waals surface area contributed by atoms with E-state index in [4.69, 9.17) is 25.5 Å². The molecule has 0 aliphatic heterocycles. The zero-order chi connectivity index (χ0) is 19.4. The molecule has 1 fully saturated rings. The molecular weight excluding hydrogens is 366 g/mol. The van der Waals surface area contributed by atoms with E-state index in [1.54, 1.807) is 18.4 Å². The van der Waals surface area contributed by atoms with Gasteiger partial charge in [-0.25, -0.2) is 0 Å². The minimum Gasteiger partial charge on any atom is -0.490 e. The minimum absolute atomic E-state index is 0.0775. The van der Waals surface area contributed by atoms with Crippen molar-refractivity contribution in [1.29, 1.82) is 0 Å². The van der Waals surface area contributed by atoms with E-state index < -0.39 is 0 Å². The second kappa shape index (κ2) is 8.70. The Bertz CT molecular complexity index is 771. The van der Waals surface area contributed by atoms with Crippen LogP contribution in [-0.4, -0.2) is 30.1 Å². The molecule has 0 bridgehead atoms. The van der Waals surface area contributed by atoms with Crippen LogP contribution in [0.1, 0.15) is 62.2 Å². The summed E-state index contributed by atoms with van der Waals surface area (Å²) in [5.41, 5.74) is 0.498. The first-order chi connectivity index (χ1) is 13.1. The molecule has 0 N–H and O–H groups in total. The maximum Gasteiger partial charge on any atom is 0.254 e. The van der Waals surface area contributed by atoms with Gasteiger partial charge in [0.15, 0.2) is 11.5 Å². The predicted molar refractivity (Wildman–Crippen MR) is 105 cm³/mol. The highest BCUT2D eigenvalue weighted by molar-refractivity contribution is 6.32. The summed E-state index contributed by atoms with van der Waals surface area (Å²) in [4.78, 5) is 15.2. The predicted octanol–water partition coefficient (Wildman–Crippen LogP) is 5.49. The van der Waals surface area contributed by atoms with Gasteiger partial charge in [-0.05, 0) is 57.4 Å². The van der Waals surface area contributed by atoms with E-state index in [1.165, 1.54) is 0 Å². The topological polar surface area (TPSA) is 51.9 Å². The van der Waals surface area contributed by atoms with Crippen LogP contribution in [0.4, 0.5) is 0 Å². The van der Waals surface area contributed by atoms with Crippen molar-refractivity contribution in [3.05, 3.63) is 46.9 Å². The Hall–Kier alpha value is -2.14. The molecule has 0 saturated heterocycles. The molecule has 1 aliphatic carbocycles. The first-order valence-electron chi connectivity index (χ1n) is 9.52. The second-order valence-electron chi connectivity index (χ2n) is 6.70. The number of halogens is 1. The van der Waals surface area contributed by atoms with Crippen molar-refractivity contribution in [3.63, 3.8) is 0 Å². The van der Waals surface area contributed by atoms with Gasteiger partial charge in [-0.1, -0.05) is 18.5 Å². The van der Waals surface area contributed by atoms with Gasteiger partial charge in [0.1, 0.15) is 5.76 Å². The number of furan rings is 1. The first-order valence-corrected chi connectivity index (χ1v) is 9.89. The van der Waals surface area contributed by atoms with E-state index in [9.17, 15) is 4.79 Å². The maximum atomic E-state index is 13.3. The molecule has 0 radical (unpaired) electrons. The van der Waals surface area contributed by atoms with Crippen LogP contribution in [-0.2, 0) is 0 Å². The van der Waals surface area contributed by atoms with Gasteiger partial charge < -0.3 is 18.8 Å². The Morgan fingerprint density at radius 2 is 2.11 bits per heavy atom. The fourth-order valence-corrected chi connectivity index (χ4v) is 3.39. The lowest BCUT2D eigenvalue weighted by atomic mass is 10.1. The van der Waals surface area contributed by atoms with Crippen molar-refractivity contribution >= 4 is 17.5 Å². The number of hydrogen-bond acceptors (Lipinski definition) is 4. The van der Waals surface area contributed by atoms with Crippen molar-refractivity contribution in [2.24, 2.45) is 0 Å². The number of benzene rings is 1. The molecule has 3 rings (SSSR count). The van der Waals surface area contributed by atoms with E-state index in [0.717, 1.165) is 25.0 Å². The molecule has 1 heterocycles. The van der Waals surface area contributed by atoms with Crippen molar-refractivity contribution in [1.82, 2.24) is 4.90 Å². The second-order valence-corrected chi connectivity index (χ2v) is 7.11. The Labute approximate surface area is 165 Å². The molecule has 1 unspecified atom stereocenters. The standard InChI is InChI=1S/C21H26ClNO4/c1-4-10-27-20-17(22)12-15(13-19(20)25-5-2)21(24)23(16-8-9-16)14(3)18-7-6-11-26-18/h6-7,11-14,16H,4-5,8-10H2,1-3H3. The fraction of sp³-hybridized carbons (Fsp3) is 0.476. The molecule has 1 aromatic carbocycles. The largest absolute Gasteiger partial charge is 0.490 e. The summed E-state index contributed by atoms with van der Waals surface area (Å²) in [6.07, 6.45) is 4.49. The number of carbonyl (C=O) groups is 1. The lowest BCUT2D eigenvalue weighted by Gasteiger charge is -2.28. The molecular formula is C21H26ClNO4. The van der Waals surface area contributed by atoms with Gasteiger partial charge in [0.25, 0.3) is 5.91 Å². The molecule has 1 aliphatic rings. The number of ether oxygens (including phenoxy) is 2. The highest BCUT2D eigenvalue weighted by Gasteiger charge is 2.38. The average molecular weight is 392 g/mol. The third-order valence-corrected chi connectivity index (χ3v) is 4.83. The quantitative estimate of drug-likeness (QED) is 0.567. The van der Waals surface area contributed by atoms with Crippen LogP contribution in [0.2, 0.25) is 5.02 Å². The summed E-state index contributed by atoms with van der Waals surface area (Å²) < 4.78 is 17.0. The zero-order valence-electron chi connectivity index (χ0n) is 16.0. The Morgan fingerprint density at radius 1 is 1.33 bits per heavy atom. The first kappa shape index (κ1) is 19.6. The van der Waals surface area contributed by atoms with Crippen LogP contribution in [0.15, 0.2) is 34.9 Å². The summed E-state index contributed by atoms with van der Waals surface area (Å²) >= 11 is 6.43. The summed E-state index contributed by atoms with van der Waals surface area (Å²) in [6.45, 7) is 6.90. The number of rotatable bonds is 9. The molecule has 27 heavy (non-hydrogen) atoms. The summed E-state index contributed by atoms with van der Waals surface area (Å²) in [5.74, 6) is 1.69. The van der Waals surface area contributed by atoms with Crippen LogP contribution in [0, 0.1) is 0 Å². The van der Waals surface area contributed by atoms with Gasteiger partial charge in [0.2, 0.25) is 0 Å². The lowest BCUT2D eigenvalue weighted by molar-refractivity contribution is 0.0652. The van der Waals surface area contributed by atoms with Gasteiger partial charge in [0.05, 0.1) is 30.5 Å². The molecule has 146 valence electrons. The zero-order valence-corrected chi connectivity index (χ0v) is 16.8. The van der Waals surface area contributed by atoms with E-state index in [-0.39, 0.29) is 18.0 Å². The smallest absolute Gasteiger partial charge is 0.254 e. The van der Waals surface area contributed by atoms with E-state index in [0.29, 0.717) is 35.3 Å². The van der Waals surface area contributed by atoms with Gasteiger partial charge in [-0.15, -0.1) is 0 Å². The van der Waals surface area contributed by atoms with Gasteiger partial charge in [0, 0.05) is 11.6 Å². The molecule has 1 amide bonds. The number of hydrogen-bond donors (Lipinski definition) is 0. The third-order valence-electron chi connectivity index (χ3n) is 4.55. The van der Waals surface area contributed by atoms with Crippen LogP contribution in [0.3, 0.4) is 0 Å². The normalized spacial score (nSPS) is 14.7. The number of carbonyl (C=O) groups excluding carboxylic acids is 1. The summed E-state index contributed by atoms with van der Waals surface area (Å²) in [5, 5.41) is 0.388. The van der Waals surface area contributed by atoms with E-state index in [2.05, 4.69) is 0 Å². The van der Waals surface area contributed by atoms with E-state index in [1.807, 2.05) is 37.8 Å². The van der Waals surface area contributed by atoms with Crippen LogP contribution >= 0.6 is 11.6 Å². The average Bonchev–Trinajstić information content (AvgIpc) is 3.32. The third kappa shape index (κ3) is 4.41. The van der Waals surface area contributed by atoms with Gasteiger partial charge in [-0.3, -0.25) is 4.79 Å². The monoisotopic (exact) mass is 391 g/mol. The molecule has 1 saturated carbocycles. The van der Waals surface area contributed by atoms with Crippen LogP contribution < -0.4 is 9.47 Å². The number of amides is 1. The lowest BCUT2D eigenvalue weighted by Crippen LogP contribution is -2.35. The number of nitrogens with zero attached hydrogens (tertiary/aromatic N) is 1. The van der Waals surface area contributed by atoms with Crippen LogP contribution in [0.5, 0.6) is 11.5 Å². The Balaban J connectivity index is 1.92. The Kier molecular flexibility index (Phi) is 6.32. The molecule has 6 heteroatoms. The summed E-state index contributed by atoms with van der Waals surface area (Å²) in [7, 11) is 0. The summed E-state index contributed by atoms with van der Waals surface area (Å²) in [6, 6.07) is 7.21. The van der Waals surface area contributed by atoms with Crippen molar-refractivity contribution < 1.29 is 18.7 Å². The van der Waals surface area contributed by atoms with Gasteiger partial charge >= 0.3 is 0 Å². The molecule has 1 atom stereocenters. The maximum absolute atomic E-state index is 13.3. The van der Waals surface area contributed by atoms with Crippen molar-refractivity contribution in [2.75, 3.05) is 13.2 Å². The SMILES string of the molecule is CCCOc1c(Cl)cc(C(=O)N(C2CC2)C(C)c2ccco2)cc1OCC. The van der Waals surface area contributed by atoms with Crippen LogP contribution in [0.25, 0.3) is 0 Å². The fourth-order valence-electron chi connectivity index (χ4n) is 3.12. The van der Waals surface area contributed by atoms with Crippen molar-refractivity contribution in [2.45, 2.75) is 52.1 Å². The molecule has 1 aromatic heterocycles. The molecule has 2 aromatic rings. The van der Waals surface area contributed by atoms with E-state index >= 15 is 0 Å². The molecule has 0 spiro atoms. The highest BCUT2D eigenvalue weighted by Crippen LogP contribution is 2.40. The molecule has 5 nitrogen and oxygen atoms in total. The van der Waals surface area contributed by atoms with Crippen molar-refractivity contribution in [3.8, 4) is 11.5 Å². The Morgan fingerprint density at radius 3 is 2.70 bits per heavy atom. The highest BCUT2D eigenvalue weighted by atomic mass is 35.5.